The zero-order valence-electron chi connectivity index (χ0n) is 15.7. The molecule has 2 N–H and O–H groups in total. The van der Waals surface area contributed by atoms with Crippen molar-refractivity contribution < 1.29 is 0 Å². The normalized spacial score (nSPS) is 11.2. The molecule has 0 amide bonds. The molecule has 1 aromatic carbocycles. The molecule has 0 aliphatic carbocycles. The second-order valence-electron chi connectivity index (χ2n) is 7.35. The molecule has 2 aromatic heterocycles. The third-order valence-corrected chi connectivity index (χ3v) is 4.06. The quantitative estimate of drug-likeness (QED) is 0.692. The van der Waals surface area contributed by atoms with Gasteiger partial charge in [-0.05, 0) is 41.7 Å². The molecule has 3 aromatic rings. The molecule has 5 nitrogen and oxygen atoms in total. The summed E-state index contributed by atoms with van der Waals surface area (Å²) in [6.45, 7) is 9.20. The first-order chi connectivity index (χ1) is 12.4. The molecule has 0 radical (unpaired) electrons. The molecule has 0 bridgehead atoms. The SMILES string of the molecule is Cc1nc(NCc2cccnc2)cc(Nc2ccc(C(C)(C)C)cc2)n1. The summed E-state index contributed by atoms with van der Waals surface area (Å²) in [7, 11) is 0. The van der Waals surface area contributed by atoms with Gasteiger partial charge in [-0.3, -0.25) is 4.98 Å². The maximum Gasteiger partial charge on any atom is 0.136 e. The number of hydrogen-bond donors (Lipinski definition) is 2. The Kier molecular flexibility index (Phi) is 5.16. The Balaban J connectivity index is 1.71. The number of hydrogen-bond acceptors (Lipinski definition) is 5. The van der Waals surface area contributed by atoms with Gasteiger partial charge in [-0.1, -0.05) is 39.0 Å². The number of nitrogens with zero attached hydrogens (tertiary/aromatic N) is 3. The van der Waals surface area contributed by atoms with Crippen molar-refractivity contribution in [1.82, 2.24) is 15.0 Å². The highest BCUT2D eigenvalue weighted by molar-refractivity contribution is 5.59. The number of aryl methyl sites for hydroxylation is 1. The van der Waals surface area contributed by atoms with Crippen LogP contribution in [0, 0.1) is 6.92 Å². The third-order valence-electron chi connectivity index (χ3n) is 4.06. The van der Waals surface area contributed by atoms with E-state index in [0.29, 0.717) is 6.54 Å². The first-order valence-electron chi connectivity index (χ1n) is 8.76. The molecule has 0 aliphatic rings. The van der Waals surface area contributed by atoms with Gasteiger partial charge in [0.05, 0.1) is 0 Å². The van der Waals surface area contributed by atoms with Crippen molar-refractivity contribution in [3.8, 4) is 0 Å². The van der Waals surface area contributed by atoms with Crippen LogP contribution >= 0.6 is 0 Å². The largest absolute Gasteiger partial charge is 0.366 e. The zero-order chi connectivity index (χ0) is 18.6. The summed E-state index contributed by atoms with van der Waals surface area (Å²) in [4.78, 5) is 13.1. The average Bonchev–Trinajstić information content (AvgIpc) is 2.60. The minimum atomic E-state index is 0.146. The van der Waals surface area contributed by atoms with Crippen LogP contribution in [-0.2, 0) is 12.0 Å². The first kappa shape index (κ1) is 17.9. The number of nitrogens with one attached hydrogen (secondary N) is 2. The lowest BCUT2D eigenvalue weighted by Gasteiger charge is -2.19. The van der Waals surface area contributed by atoms with Crippen molar-refractivity contribution in [3.63, 3.8) is 0 Å². The van der Waals surface area contributed by atoms with Gasteiger partial charge in [0.15, 0.2) is 0 Å². The number of pyridine rings is 1. The van der Waals surface area contributed by atoms with Gasteiger partial charge >= 0.3 is 0 Å². The molecule has 0 atom stereocenters. The van der Waals surface area contributed by atoms with Crippen LogP contribution in [0.1, 0.15) is 37.7 Å². The van der Waals surface area contributed by atoms with E-state index in [1.165, 1.54) is 5.56 Å². The van der Waals surface area contributed by atoms with E-state index in [1.54, 1.807) is 6.20 Å². The van der Waals surface area contributed by atoms with Crippen molar-refractivity contribution in [2.45, 2.75) is 39.7 Å². The van der Waals surface area contributed by atoms with Gasteiger partial charge in [0.1, 0.15) is 17.5 Å². The summed E-state index contributed by atoms with van der Waals surface area (Å²) < 4.78 is 0. The van der Waals surface area contributed by atoms with Crippen LogP contribution in [0.25, 0.3) is 0 Å². The van der Waals surface area contributed by atoms with Crippen LogP contribution < -0.4 is 10.6 Å². The van der Waals surface area contributed by atoms with Gasteiger partial charge in [-0.2, -0.15) is 0 Å². The third kappa shape index (κ3) is 4.79. The Morgan fingerprint density at radius 2 is 1.69 bits per heavy atom. The van der Waals surface area contributed by atoms with Crippen molar-refractivity contribution in [3.05, 3.63) is 71.8 Å². The van der Waals surface area contributed by atoms with Gasteiger partial charge in [0, 0.05) is 30.7 Å². The maximum atomic E-state index is 4.48. The fourth-order valence-electron chi connectivity index (χ4n) is 2.62. The molecule has 2 heterocycles. The lowest BCUT2D eigenvalue weighted by Crippen LogP contribution is -2.10. The first-order valence-corrected chi connectivity index (χ1v) is 8.76. The van der Waals surface area contributed by atoms with Crippen LogP contribution in [-0.4, -0.2) is 15.0 Å². The minimum Gasteiger partial charge on any atom is -0.366 e. The molecule has 0 spiro atoms. The van der Waals surface area contributed by atoms with E-state index >= 15 is 0 Å². The van der Waals surface area contributed by atoms with Crippen molar-refractivity contribution in [2.24, 2.45) is 0 Å². The Hall–Kier alpha value is -2.95. The van der Waals surface area contributed by atoms with E-state index in [4.69, 9.17) is 0 Å². The lowest BCUT2D eigenvalue weighted by molar-refractivity contribution is 0.590. The lowest BCUT2D eigenvalue weighted by atomic mass is 9.87. The fraction of sp³-hybridized carbons (Fsp3) is 0.286. The van der Waals surface area contributed by atoms with Crippen LogP contribution in [0.4, 0.5) is 17.3 Å². The smallest absolute Gasteiger partial charge is 0.136 e. The Labute approximate surface area is 154 Å². The second kappa shape index (κ2) is 7.52. The molecule has 26 heavy (non-hydrogen) atoms. The molecule has 0 aliphatic heterocycles. The van der Waals surface area contributed by atoms with Crippen LogP contribution in [0.5, 0.6) is 0 Å². The highest BCUT2D eigenvalue weighted by atomic mass is 15.1. The standard InChI is InChI=1S/C21H25N5/c1-15-24-19(23-14-16-6-5-11-22-13-16)12-20(25-15)26-18-9-7-17(8-10-18)21(2,3)4/h5-13H,14H2,1-4H3,(H2,23,24,25,26). The predicted octanol–water partition coefficient (Wildman–Crippen LogP) is 4.83. The van der Waals surface area contributed by atoms with Gasteiger partial charge in [0.25, 0.3) is 0 Å². The molecule has 0 unspecified atom stereocenters. The van der Waals surface area contributed by atoms with Crippen LogP contribution in [0.3, 0.4) is 0 Å². The number of rotatable bonds is 5. The Bertz CT molecular complexity index is 852. The second-order valence-corrected chi connectivity index (χ2v) is 7.35. The molecule has 3 rings (SSSR count). The molecular formula is C21H25N5. The summed E-state index contributed by atoms with van der Waals surface area (Å²) in [6.07, 6.45) is 3.61. The van der Waals surface area contributed by atoms with E-state index in [-0.39, 0.29) is 5.41 Å². The molecule has 134 valence electrons. The van der Waals surface area contributed by atoms with Gasteiger partial charge < -0.3 is 10.6 Å². The molecule has 0 saturated carbocycles. The topological polar surface area (TPSA) is 62.7 Å². The zero-order valence-corrected chi connectivity index (χ0v) is 15.7. The minimum absolute atomic E-state index is 0.146. The monoisotopic (exact) mass is 347 g/mol. The Morgan fingerprint density at radius 3 is 2.35 bits per heavy atom. The maximum absolute atomic E-state index is 4.48. The summed E-state index contributed by atoms with van der Waals surface area (Å²) in [5, 5.41) is 6.68. The van der Waals surface area contributed by atoms with Crippen molar-refractivity contribution in [2.75, 3.05) is 10.6 Å². The molecule has 0 saturated heterocycles. The van der Waals surface area contributed by atoms with Crippen LogP contribution in [0.15, 0.2) is 54.9 Å². The fourth-order valence-corrected chi connectivity index (χ4v) is 2.62. The number of benzene rings is 1. The van der Waals surface area contributed by atoms with E-state index in [9.17, 15) is 0 Å². The summed E-state index contributed by atoms with van der Waals surface area (Å²) in [5.41, 5.74) is 3.57. The highest BCUT2D eigenvalue weighted by Gasteiger charge is 2.13. The van der Waals surface area contributed by atoms with E-state index in [0.717, 1.165) is 28.7 Å². The molecule has 5 heteroatoms. The van der Waals surface area contributed by atoms with E-state index in [2.05, 4.69) is 70.6 Å². The van der Waals surface area contributed by atoms with Gasteiger partial charge in [-0.15, -0.1) is 0 Å². The summed E-state index contributed by atoms with van der Waals surface area (Å²) >= 11 is 0. The van der Waals surface area contributed by atoms with Gasteiger partial charge in [0.2, 0.25) is 0 Å². The van der Waals surface area contributed by atoms with Crippen molar-refractivity contribution >= 4 is 17.3 Å². The number of aromatic nitrogens is 3. The summed E-state index contributed by atoms with van der Waals surface area (Å²) in [5.74, 6) is 2.28. The Morgan fingerprint density at radius 1 is 0.962 bits per heavy atom. The summed E-state index contributed by atoms with van der Waals surface area (Å²) in [6, 6.07) is 14.3. The predicted molar refractivity (Wildman–Crippen MR) is 107 cm³/mol. The van der Waals surface area contributed by atoms with E-state index < -0.39 is 0 Å². The van der Waals surface area contributed by atoms with E-state index in [1.807, 2.05) is 31.3 Å². The number of anilines is 3. The van der Waals surface area contributed by atoms with Crippen LogP contribution in [0.2, 0.25) is 0 Å². The van der Waals surface area contributed by atoms with Gasteiger partial charge in [-0.25, -0.2) is 9.97 Å². The average molecular weight is 347 g/mol. The highest BCUT2D eigenvalue weighted by Crippen LogP contribution is 2.25. The molecule has 0 fully saturated rings. The van der Waals surface area contributed by atoms with Crippen molar-refractivity contribution in [1.29, 1.82) is 0 Å². The molecular weight excluding hydrogens is 322 g/mol.